The monoisotopic (exact) mass is 477 g/mol. The first kappa shape index (κ1) is 23.3. The van der Waals surface area contributed by atoms with E-state index in [4.69, 9.17) is 14.5 Å². The van der Waals surface area contributed by atoms with E-state index >= 15 is 0 Å². The lowest BCUT2D eigenvalue weighted by atomic mass is 9.90. The molecule has 4 aromatic rings. The fourth-order valence-corrected chi connectivity index (χ4v) is 4.39. The Kier molecular flexibility index (Phi) is 6.76. The number of aromatic nitrogens is 1. The van der Waals surface area contributed by atoms with Crippen LogP contribution < -0.4 is 14.8 Å². The number of aliphatic imine (C=N–C) groups is 1. The fraction of sp³-hybridized carbons (Fsp3) is 0.167. The number of hydrogen-bond acceptors (Lipinski definition) is 5. The summed E-state index contributed by atoms with van der Waals surface area (Å²) < 4.78 is 11.6. The molecule has 1 atom stereocenters. The highest BCUT2D eigenvalue weighted by molar-refractivity contribution is 6.24. The molecule has 180 valence electrons. The Morgan fingerprint density at radius 3 is 2.17 bits per heavy atom. The molecule has 1 aliphatic rings. The first-order valence-electron chi connectivity index (χ1n) is 12.1. The van der Waals surface area contributed by atoms with Crippen molar-refractivity contribution in [3.63, 3.8) is 0 Å². The van der Waals surface area contributed by atoms with Crippen molar-refractivity contribution < 1.29 is 14.3 Å². The molecule has 6 heteroatoms. The van der Waals surface area contributed by atoms with Crippen LogP contribution in [0.25, 0.3) is 11.1 Å². The summed E-state index contributed by atoms with van der Waals surface area (Å²) in [4.78, 5) is 22.4. The summed E-state index contributed by atoms with van der Waals surface area (Å²) in [6.07, 6.45) is 3.55. The minimum Gasteiger partial charge on any atom is -0.490 e. The number of nitrogens with zero attached hydrogens (tertiary/aromatic N) is 2. The van der Waals surface area contributed by atoms with Gasteiger partial charge in [0.1, 0.15) is 5.92 Å². The van der Waals surface area contributed by atoms with E-state index in [0.29, 0.717) is 36.1 Å². The Morgan fingerprint density at radius 2 is 1.50 bits per heavy atom. The van der Waals surface area contributed by atoms with E-state index in [9.17, 15) is 4.79 Å². The van der Waals surface area contributed by atoms with Crippen LogP contribution in [0.5, 0.6) is 11.5 Å². The Balaban J connectivity index is 1.59. The van der Waals surface area contributed by atoms with Gasteiger partial charge < -0.3 is 14.8 Å². The number of pyridine rings is 1. The number of carbonyl (C=O) groups excluding carboxylic acids is 1. The maximum absolute atomic E-state index is 13.3. The Labute approximate surface area is 210 Å². The van der Waals surface area contributed by atoms with Crippen molar-refractivity contribution in [1.82, 2.24) is 4.98 Å². The summed E-state index contributed by atoms with van der Waals surface area (Å²) in [6.45, 7) is 4.84. The largest absolute Gasteiger partial charge is 0.490 e. The van der Waals surface area contributed by atoms with E-state index in [0.717, 1.165) is 27.9 Å². The zero-order valence-corrected chi connectivity index (χ0v) is 20.3. The van der Waals surface area contributed by atoms with Crippen molar-refractivity contribution in [2.24, 2.45) is 4.99 Å². The van der Waals surface area contributed by atoms with Crippen LogP contribution in [0.2, 0.25) is 0 Å². The van der Waals surface area contributed by atoms with Gasteiger partial charge in [0.2, 0.25) is 5.91 Å². The number of carbonyl (C=O) groups is 1. The van der Waals surface area contributed by atoms with Crippen molar-refractivity contribution in [2.75, 3.05) is 18.5 Å². The van der Waals surface area contributed by atoms with Crippen LogP contribution in [-0.4, -0.2) is 29.8 Å². The Bertz CT molecular complexity index is 1380. The van der Waals surface area contributed by atoms with Gasteiger partial charge in [-0.05, 0) is 66.4 Å². The third-order valence-corrected chi connectivity index (χ3v) is 6.02. The molecule has 0 fully saturated rings. The van der Waals surface area contributed by atoms with Gasteiger partial charge in [-0.15, -0.1) is 0 Å². The molecule has 1 unspecified atom stereocenters. The Hall–Kier alpha value is -4.45. The lowest BCUT2D eigenvalue weighted by Gasteiger charge is -2.16. The molecular weight excluding hydrogens is 450 g/mol. The van der Waals surface area contributed by atoms with Crippen LogP contribution in [0.15, 0.2) is 96.2 Å². The number of anilines is 1. The molecule has 0 aliphatic carbocycles. The number of fused-ring (bicyclic) bond motifs is 1. The van der Waals surface area contributed by atoms with E-state index in [1.54, 1.807) is 12.4 Å². The second-order valence-electron chi connectivity index (χ2n) is 8.32. The molecule has 2 heterocycles. The minimum absolute atomic E-state index is 0.128. The molecular formula is C30H27N3O3. The third-order valence-electron chi connectivity index (χ3n) is 6.02. The van der Waals surface area contributed by atoms with Crippen LogP contribution in [0.1, 0.15) is 30.9 Å². The summed E-state index contributed by atoms with van der Waals surface area (Å²) in [7, 11) is 0. The SMILES string of the molecule is CCOc1cc2c(cc1OCC)C(C(=Nc1ccc(-c3ccncc3)cc1)c1ccccc1)C(=O)N2. The van der Waals surface area contributed by atoms with Gasteiger partial charge >= 0.3 is 0 Å². The van der Waals surface area contributed by atoms with E-state index in [2.05, 4.69) is 10.3 Å². The van der Waals surface area contributed by atoms with Crippen LogP contribution >= 0.6 is 0 Å². The number of amides is 1. The van der Waals surface area contributed by atoms with Gasteiger partial charge in [0.15, 0.2) is 11.5 Å². The molecule has 0 saturated heterocycles. The summed E-state index contributed by atoms with van der Waals surface area (Å²) in [5, 5.41) is 3.02. The zero-order chi connectivity index (χ0) is 24.9. The van der Waals surface area contributed by atoms with Crippen LogP contribution in [0.4, 0.5) is 11.4 Å². The maximum Gasteiger partial charge on any atom is 0.238 e. The van der Waals surface area contributed by atoms with E-state index in [-0.39, 0.29) is 5.91 Å². The quantitative estimate of drug-likeness (QED) is 0.298. The van der Waals surface area contributed by atoms with Crippen molar-refractivity contribution in [3.8, 4) is 22.6 Å². The molecule has 1 aliphatic heterocycles. The topological polar surface area (TPSA) is 72.8 Å². The first-order valence-corrected chi connectivity index (χ1v) is 12.1. The lowest BCUT2D eigenvalue weighted by Crippen LogP contribution is -2.22. The maximum atomic E-state index is 13.3. The number of nitrogens with one attached hydrogen (secondary N) is 1. The highest BCUT2D eigenvalue weighted by Crippen LogP contribution is 2.43. The van der Waals surface area contributed by atoms with Crippen molar-refractivity contribution in [3.05, 3.63) is 102 Å². The van der Waals surface area contributed by atoms with Crippen LogP contribution in [0.3, 0.4) is 0 Å². The fourth-order valence-electron chi connectivity index (χ4n) is 4.39. The number of hydrogen-bond donors (Lipinski definition) is 1. The molecule has 1 aromatic heterocycles. The van der Waals surface area contributed by atoms with Gasteiger partial charge in [0.25, 0.3) is 0 Å². The van der Waals surface area contributed by atoms with Crippen molar-refractivity contribution in [2.45, 2.75) is 19.8 Å². The molecule has 5 rings (SSSR count). The zero-order valence-electron chi connectivity index (χ0n) is 20.3. The molecule has 0 radical (unpaired) electrons. The predicted molar refractivity (Wildman–Crippen MR) is 142 cm³/mol. The molecule has 0 spiro atoms. The molecule has 1 N–H and O–H groups in total. The molecule has 1 amide bonds. The van der Waals surface area contributed by atoms with E-state index in [1.807, 2.05) is 92.7 Å². The molecule has 36 heavy (non-hydrogen) atoms. The summed E-state index contributed by atoms with van der Waals surface area (Å²) in [5.41, 5.74) is 6.03. The second-order valence-corrected chi connectivity index (χ2v) is 8.32. The van der Waals surface area contributed by atoms with Gasteiger partial charge in [-0.2, -0.15) is 0 Å². The normalized spacial score (nSPS) is 14.8. The van der Waals surface area contributed by atoms with Crippen molar-refractivity contribution >= 4 is 23.0 Å². The molecule has 0 bridgehead atoms. The number of rotatable bonds is 8. The smallest absolute Gasteiger partial charge is 0.238 e. The van der Waals surface area contributed by atoms with Crippen LogP contribution in [-0.2, 0) is 4.79 Å². The number of ether oxygens (including phenoxy) is 2. The van der Waals surface area contributed by atoms with Gasteiger partial charge in [0, 0.05) is 24.1 Å². The summed E-state index contributed by atoms with van der Waals surface area (Å²) in [6, 6.07) is 25.5. The van der Waals surface area contributed by atoms with Crippen molar-refractivity contribution in [1.29, 1.82) is 0 Å². The lowest BCUT2D eigenvalue weighted by molar-refractivity contribution is -0.115. The average molecular weight is 478 g/mol. The van der Waals surface area contributed by atoms with Gasteiger partial charge in [-0.1, -0.05) is 42.5 Å². The highest BCUT2D eigenvalue weighted by atomic mass is 16.5. The summed E-state index contributed by atoms with van der Waals surface area (Å²) >= 11 is 0. The predicted octanol–water partition coefficient (Wildman–Crippen LogP) is 6.40. The summed E-state index contributed by atoms with van der Waals surface area (Å²) in [5.74, 6) is 0.520. The number of benzene rings is 3. The van der Waals surface area contributed by atoms with Gasteiger partial charge in [-0.3, -0.25) is 14.8 Å². The standard InChI is InChI=1S/C30H27N3O3/c1-3-35-26-18-24-25(19-27(26)36-4-2)33-30(34)28(24)29(22-8-6-5-7-9-22)32-23-12-10-20(11-13-23)21-14-16-31-17-15-21/h5-19,28H,3-4H2,1-2H3,(H,33,34). The van der Waals surface area contributed by atoms with E-state index in [1.165, 1.54) is 0 Å². The molecule has 3 aromatic carbocycles. The van der Waals surface area contributed by atoms with E-state index < -0.39 is 5.92 Å². The first-order chi connectivity index (χ1) is 17.7. The Morgan fingerprint density at radius 1 is 0.861 bits per heavy atom. The minimum atomic E-state index is -0.586. The highest BCUT2D eigenvalue weighted by Gasteiger charge is 2.36. The van der Waals surface area contributed by atoms with Gasteiger partial charge in [-0.25, -0.2) is 0 Å². The molecule has 0 saturated carbocycles. The average Bonchev–Trinajstić information content (AvgIpc) is 3.23. The van der Waals surface area contributed by atoms with Crippen LogP contribution in [0, 0.1) is 0 Å². The van der Waals surface area contributed by atoms with Gasteiger partial charge in [0.05, 0.1) is 24.6 Å². The second kappa shape index (κ2) is 10.4. The third kappa shape index (κ3) is 4.70. The molecule has 6 nitrogen and oxygen atoms in total.